The van der Waals surface area contributed by atoms with Crippen molar-refractivity contribution in [3.8, 4) is 11.1 Å². The zero-order valence-corrected chi connectivity index (χ0v) is 16.2. The number of nitrogens with one attached hydrogen (secondary N) is 1. The largest absolute Gasteiger partial charge is 0.340 e. The van der Waals surface area contributed by atoms with Gasteiger partial charge in [-0.25, -0.2) is 9.37 Å². The van der Waals surface area contributed by atoms with Crippen LogP contribution >= 0.6 is 0 Å². The van der Waals surface area contributed by atoms with Gasteiger partial charge in [-0.05, 0) is 45.4 Å². The van der Waals surface area contributed by atoms with E-state index in [-0.39, 0.29) is 17.8 Å². The molecule has 0 aliphatic carbocycles. The number of hydrogen-bond acceptors (Lipinski definition) is 3. The van der Waals surface area contributed by atoms with E-state index in [1.807, 2.05) is 34.7 Å². The van der Waals surface area contributed by atoms with Crippen LogP contribution in [0.25, 0.3) is 11.1 Å². The Morgan fingerprint density at radius 2 is 2.07 bits per heavy atom. The van der Waals surface area contributed by atoms with Gasteiger partial charge < -0.3 is 9.47 Å². The van der Waals surface area contributed by atoms with Crippen molar-refractivity contribution in [3.63, 3.8) is 0 Å². The summed E-state index contributed by atoms with van der Waals surface area (Å²) in [6.07, 6.45) is 3.30. The van der Waals surface area contributed by atoms with Crippen LogP contribution in [0.4, 0.5) is 4.39 Å². The Morgan fingerprint density at radius 1 is 1.33 bits per heavy atom. The van der Waals surface area contributed by atoms with E-state index < -0.39 is 0 Å². The van der Waals surface area contributed by atoms with Crippen LogP contribution in [0.15, 0.2) is 30.7 Å². The number of benzene rings is 1. The molecule has 0 aliphatic heterocycles. The second-order valence-corrected chi connectivity index (χ2v) is 7.07. The van der Waals surface area contributed by atoms with Crippen molar-refractivity contribution in [1.82, 2.24) is 24.6 Å². The maximum atomic E-state index is 14.5. The quantitative estimate of drug-likeness (QED) is 0.747. The van der Waals surface area contributed by atoms with Crippen LogP contribution in [0.1, 0.15) is 41.3 Å². The molecule has 142 valence electrons. The van der Waals surface area contributed by atoms with E-state index >= 15 is 0 Å². The van der Waals surface area contributed by atoms with Gasteiger partial charge >= 0.3 is 0 Å². The predicted octanol–water partition coefficient (Wildman–Crippen LogP) is 3.62. The van der Waals surface area contributed by atoms with Gasteiger partial charge in [0.1, 0.15) is 11.5 Å². The maximum Gasteiger partial charge on any atom is 0.274 e. The Balaban J connectivity index is 1.94. The lowest BCUT2D eigenvalue weighted by atomic mass is 10.0. The molecule has 0 atom stereocenters. The van der Waals surface area contributed by atoms with Gasteiger partial charge in [-0.1, -0.05) is 6.07 Å². The lowest BCUT2D eigenvalue weighted by Gasteiger charge is -2.26. The molecular formula is C20H24FN5O. The maximum absolute atomic E-state index is 14.5. The van der Waals surface area contributed by atoms with Crippen LogP contribution in [-0.2, 0) is 13.6 Å². The highest BCUT2D eigenvalue weighted by Gasteiger charge is 2.22. The van der Waals surface area contributed by atoms with E-state index in [1.54, 1.807) is 34.1 Å². The highest BCUT2D eigenvalue weighted by Crippen LogP contribution is 2.29. The van der Waals surface area contributed by atoms with E-state index in [0.717, 1.165) is 22.5 Å². The standard InChI is InChI=1S/C20H24FN5O/c1-12(2)26(20(27)18-10-25(5)11-22-18)9-15-6-7-17(21)16(8-15)19-13(3)23-24-14(19)4/h6-8,10-12H,9H2,1-5H3,(H,23,24). The average molecular weight is 369 g/mol. The molecule has 0 aliphatic rings. The van der Waals surface area contributed by atoms with Crippen molar-refractivity contribution < 1.29 is 9.18 Å². The number of rotatable bonds is 5. The summed E-state index contributed by atoms with van der Waals surface area (Å²) >= 11 is 0. The summed E-state index contributed by atoms with van der Waals surface area (Å²) in [5, 5.41) is 7.05. The molecule has 6 nitrogen and oxygen atoms in total. The minimum absolute atomic E-state index is 0.0228. The van der Waals surface area contributed by atoms with E-state index in [9.17, 15) is 9.18 Å². The number of nitrogens with zero attached hydrogens (tertiary/aromatic N) is 4. The zero-order chi connectivity index (χ0) is 19.7. The molecule has 3 rings (SSSR count). The number of imidazole rings is 1. The van der Waals surface area contributed by atoms with Crippen molar-refractivity contribution in [1.29, 1.82) is 0 Å². The first-order valence-electron chi connectivity index (χ1n) is 8.87. The van der Waals surface area contributed by atoms with Gasteiger partial charge in [-0.3, -0.25) is 9.89 Å². The molecule has 0 fully saturated rings. The van der Waals surface area contributed by atoms with Gasteiger partial charge in [0.05, 0.1) is 12.0 Å². The van der Waals surface area contributed by atoms with E-state index in [2.05, 4.69) is 15.2 Å². The minimum Gasteiger partial charge on any atom is -0.340 e. The summed E-state index contributed by atoms with van der Waals surface area (Å²) in [4.78, 5) is 18.7. The number of carbonyl (C=O) groups is 1. The first-order chi connectivity index (χ1) is 12.8. The molecule has 2 heterocycles. The number of carbonyl (C=O) groups excluding carboxylic acids is 1. The summed E-state index contributed by atoms with van der Waals surface area (Å²) in [6, 6.07) is 4.93. The van der Waals surface area contributed by atoms with Crippen molar-refractivity contribution >= 4 is 5.91 Å². The highest BCUT2D eigenvalue weighted by atomic mass is 19.1. The number of H-pyrrole nitrogens is 1. The minimum atomic E-state index is -0.307. The Morgan fingerprint density at radius 3 is 2.63 bits per heavy atom. The summed E-state index contributed by atoms with van der Waals surface area (Å²) in [5.74, 6) is -0.453. The third-order valence-electron chi connectivity index (χ3n) is 4.59. The van der Waals surface area contributed by atoms with Crippen LogP contribution < -0.4 is 0 Å². The molecule has 2 aromatic heterocycles. The topological polar surface area (TPSA) is 66.8 Å². The fourth-order valence-electron chi connectivity index (χ4n) is 3.17. The third-order valence-corrected chi connectivity index (χ3v) is 4.59. The molecule has 1 amide bonds. The number of aromatic nitrogens is 4. The van der Waals surface area contributed by atoms with Crippen molar-refractivity contribution in [2.45, 2.75) is 40.3 Å². The fourth-order valence-corrected chi connectivity index (χ4v) is 3.17. The number of aromatic amines is 1. The number of amides is 1. The third kappa shape index (κ3) is 3.77. The fraction of sp³-hybridized carbons (Fsp3) is 0.350. The lowest BCUT2D eigenvalue weighted by molar-refractivity contribution is 0.0684. The lowest BCUT2D eigenvalue weighted by Crippen LogP contribution is -2.36. The molecule has 0 bridgehead atoms. The molecule has 0 radical (unpaired) electrons. The second-order valence-electron chi connectivity index (χ2n) is 7.07. The first kappa shape index (κ1) is 18.8. The molecule has 0 unspecified atom stereocenters. The highest BCUT2D eigenvalue weighted by molar-refractivity contribution is 5.92. The molecule has 0 spiro atoms. The summed E-state index contributed by atoms with van der Waals surface area (Å²) in [6.45, 7) is 7.99. The number of halogens is 1. The van der Waals surface area contributed by atoms with Gasteiger partial charge in [-0.2, -0.15) is 5.10 Å². The predicted molar refractivity (Wildman–Crippen MR) is 102 cm³/mol. The molecule has 0 saturated heterocycles. The Kier molecular flexibility index (Phi) is 5.12. The molecule has 1 aromatic carbocycles. The van der Waals surface area contributed by atoms with E-state index in [0.29, 0.717) is 17.8 Å². The Hall–Kier alpha value is -2.96. The van der Waals surface area contributed by atoms with Crippen LogP contribution in [-0.4, -0.2) is 36.6 Å². The van der Waals surface area contributed by atoms with Gasteiger partial charge in [0.2, 0.25) is 0 Å². The van der Waals surface area contributed by atoms with Crippen LogP contribution in [0, 0.1) is 19.7 Å². The SMILES string of the molecule is Cc1n[nH]c(C)c1-c1cc(CN(C(=O)c2cn(C)cn2)C(C)C)ccc1F. The van der Waals surface area contributed by atoms with Gasteiger partial charge in [-0.15, -0.1) is 0 Å². The normalized spacial score (nSPS) is 11.2. The number of aryl methyl sites for hydroxylation is 3. The zero-order valence-electron chi connectivity index (χ0n) is 16.2. The summed E-state index contributed by atoms with van der Waals surface area (Å²) in [7, 11) is 1.82. The summed E-state index contributed by atoms with van der Waals surface area (Å²) < 4.78 is 16.2. The van der Waals surface area contributed by atoms with Crippen LogP contribution in [0.2, 0.25) is 0 Å². The number of hydrogen-bond donors (Lipinski definition) is 1. The van der Waals surface area contributed by atoms with Crippen LogP contribution in [0.5, 0.6) is 0 Å². The summed E-state index contributed by atoms with van der Waals surface area (Å²) in [5.41, 5.74) is 4.06. The molecule has 1 N–H and O–H groups in total. The Bertz CT molecular complexity index is 953. The second kappa shape index (κ2) is 7.34. The molecule has 27 heavy (non-hydrogen) atoms. The molecule has 3 aromatic rings. The smallest absolute Gasteiger partial charge is 0.274 e. The van der Waals surface area contributed by atoms with E-state index in [1.165, 1.54) is 6.07 Å². The van der Waals surface area contributed by atoms with Gasteiger partial charge in [0.15, 0.2) is 0 Å². The Labute approximate surface area is 158 Å². The molecule has 7 heteroatoms. The van der Waals surface area contributed by atoms with Gasteiger partial charge in [0, 0.05) is 42.7 Å². The van der Waals surface area contributed by atoms with Crippen molar-refractivity contribution in [2.75, 3.05) is 0 Å². The van der Waals surface area contributed by atoms with E-state index in [4.69, 9.17) is 0 Å². The van der Waals surface area contributed by atoms with Gasteiger partial charge in [0.25, 0.3) is 5.91 Å². The first-order valence-corrected chi connectivity index (χ1v) is 8.87. The van der Waals surface area contributed by atoms with Crippen molar-refractivity contribution in [3.05, 3.63) is 59.2 Å². The molecular weight excluding hydrogens is 345 g/mol. The average Bonchev–Trinajstić information content (AvgIpc) is 3.19. The van der Waals surface area contributed by atoms with Crippen LogP contribution in [0.3, 0.4) is 0 Å². The van der Waals surface area contributed by atoms with Crippen molar-refractivity contribution in [2.24, 2.45) is 7.05 Å². The monoisotopic (exact) mass is 369 g/mol. The molecule has 0 saturated carbocycles.